The first-order chi connectivity index (χ1) is 14.4. The molecule has 1 N–H and O–H groups in total. The van der Waals surface area contributed by atoms with E-state index in [0.29, 0.717) is 26.1 Å². The Morgan fingerprint density at radius 3 is 2.77 bits per heavy atom. The molecule has 0 spiro atoms. The fourth-order valence-electron chi connectivity index (χ4n) is 2.73. The Kier molecular flexibility index (Phi) is 5.85. The van der Waals surface area contributed by atoms with Gasteiger partial charge < -0.3 is 5.32 Å². The molecule has 0 aliphatic heterocycles. The number of halogens is 3. The van der Waals surface area contributed by atoms with E-state index in [-0.39, 0.29) is 17.0 Å². The monoisotopic (exact) mass is 463 g/mol. The van der Waals surface area contributed by atoms with Gasteiger partial charge in [-0.2, -0.15) is 0 Å². The van der Waals surface area contributed by atoms with E-state index in [1.807, 2.05) is 0 Å². The molecule has 0 saturated carbocycles. The molecule has 5 nitrogen and oxygen atoms in total. The number of hydrogen-bond donors (Lipinski definition) is 1. The Morgan fingerprint density at radius 1 is 1.17 bits per heavy atom. The van der Waals surface area contributed by atoms with Crippen LogP contribution in [0.5, 0.6) is 0 Å². The third-order valence-corrected chi connectivity index (χ3v) is 6.12. The van der Waals surface area contributed by atoms with E-state index in [0.717, 1.165) is 23.9 Å². The van der Waals surface area contributed by atoms with Crippen LogP contribution in [0.1, 0.15) is 0 Å². The molecule has 152 valence electrons. The van der Waals surface area contributed by atoms with Gasteiger partial charge in [-0.05, 0) is 41.8 Å². The van der Waals surface area contributed by atoms with Crippen LogP contribution in [-0.4, -0.2) is 21.2 Å². The predicted molar refractivity (Wildman–Crippen MR) is 116 cm³/mol. The van der Waals surface area contributed by atoms with Crippen molar-refractivity contribution in [2.45, 2.75) is 5.16 Å². The van der Waals surface area contributed by atoms with Crippen LogP contribution in [0.15, 0.2) is 63.9 Å². The molecule has 0 aliphatic rings. The topological polar surface area (TPSA) is 64.0 Å². The average Bonchev–Trinajstić information content (AvgIpc) is 3.18. The van der Waals surface area contributed by atoms with Gasteiger partial charge in [-0.15, -0.1) is 11.3 Å². The second kappa shape index (κ2) is 8.55. The Balaban J connectivity index is 1.63. The minimum absolute atomic E-state index is 0.0956. The maximum Gasteiger partial charge on any atom is 0.276 e. The molecule has 0 atom stereocenters. The van der Waals surface area contributed by atoms with Crippen molar-refractivity contribution in [1.82, 2.24) is 9.55 Å². The third-order valence-electron chi connectivity index (χ3n) is 4.05. The third kappa shape index (κ3) is 4.23. The summed E-state index contributed by atoms with van der Waals surface area (Å²) in [4.78, 5) is 29.8. The summed E-state index contributed by atoms with van der Waals surface area (Å²) in [6.07, 6.45) is 0. The standard InChI is InChI=1S/C20H12ClF2N3O2S2/c21-11-2-1-3-13(8-11)26-19(28)18-16(6-7-29-18)25-20(26)30-10-17(27)24-12-4-5-14(22)15(23)9-12/h1-9H,10H2,(H,24,27). The van der Waals surface area contributed by atoms with Crippen LogP contribution >= 0.6 is 34.7 Å². The van der Waals surface area contributed by atoms with Crippen molar-refractivity contribution in [3.05, 3.63) is 80.9 Å². The Labute approximate surface area is 182 Å². The van der Waals surface area contributed by atoms with Crippen molar-refractivity contribution in [1.29, 1.82) is 0 Å². The maximum absolute atomic E-state index is 13.3. The lowest BCUT2D eigenvalue weighted by atomic mass is 10.3. The van der Waals surface area contributed by atoms with Crippen molar-refractivity contribution in [3.8, 4) is 5.69 Å². The van der Waals surface area contributed by atoms with Crippen LogP contribution < -0.4 is 10.9 Å². The number of amides is 1. The van der Waals surface area contributed by atoms with Gasteiger partial charge in [0, 0.05) is 16.8 Å². The fourth-order valence-corrected chi connectivity index (χ4v) is 4.49. The average molecular weight is 464 g/mol. The number of aromatic nitrogens is 2. The largest absolute Gasteiger partial charge is 0.325 e. The van der Waals surface area contributed by atoms with Gasteiger partial charge in [0.2, 0.25) is 5.91 Å². The van der Waals surface area contributed by atoms with Gasteiger partial charge in [-0.25, -0.2) is 13.8 Å². The van der Waals surface area contributed by atoms with Crippen LogP contribution in [0.4, 0.5) is 14.5 Å². The number of thioether (sulfide) groups is 1. The van der Waals surface area contributed by atoms with Crippen molar-refractivity contribution < 1.29 is 13.6 Å². The molecule has 0 fully saturated rings. The van der Waals surface area contributed by atoms with Crippen molar-refractivity contribution >= 4 is 56.5 Å². The fraction of sp³-hybridized carbons (Fsp3) is 0.0500. The Morgan fingerprint density at radius 2 is 2.00 bits per heavy atom. The second-order valence-electron chi connectivity index (χ2n) is 6.12. The highest BCUT2D eigenvalue weighted by Gasteiger charge is 2.16. The molecule has 4 rings (SSSR count). The number of benzene rings is 2. The lowest BCUT2D eigenvalue weighted by Crippen LogP contribution is -2.22. The minimum atomic E-state index is -1.06. The lowest BCUT2D eigenvalue weighted by Gasteiger charge is -2.12. The van der Waals surface area contributed by atoms with E-state index >= 15 is 0 Å². The van der Waals surface area contributed by atoms with E-state index in [4.69, 9.17) is 11.6 Å². The number of carbonyl (C=O) groups excluding carboxylic acids is 1. The van der Waals surface area contributed by atoms with Gasteiger partial charge >= 0.3 is 0 Å². The Bertz CT molecular complexity index is 1320. The summed E-state index contributed by atoms with van der Waals surface area (Å²) < 4.78 is 28.3. The number of nitrogens with zero attached hydrogens (tertiary/aromatic N) is 2. The van der Waals surface area contributed by atoms with E-state index in [1.165, 1.54) is 22.0 Å². The summed E-state index contributed by atoms with van der Waals surface area (Å²) in [5, 5.41) is 5.03. The molecule has 4 aromatic rings. The molecule has 0 bridgehead atoms. The number of hydrogen-bond acceptors (Lipinski definition) is 5. The molecule has 0 aliphatic carbocycles. The van der Waals surface area contributed by atoms with Gasteiger partial charge in [0.05, 0.1) is 17.0 Å². The van der Waals surface area contributed by atoms with Crippen LogP contribution in [0.25, 0.3) is 15.9 Å². The first kappa shape index (κ1) is 20.5. The second-order valence-corrected chi connectivity index (χ2v) is 8.41. The number of rotatable bonds is 5. The van der Waals surface area contributed by atoms with Crippen molar-refractivity contribution in [3.63, 3.8) is 0 Å². The Hall–Kier alpha value is -2.75. The molecule has 30 heavy (non-hydrogen) atoms. The predicted octanol–water partition coefficient (Wildman–Crippen LogP) is 5.11. The first-order valence-corrected chi connectivity index (χ1v) is 10.8. The summed E-state index contributed by atoms with van der Waals surface area (Å²) in [5.74, 6) is -2.61. The quantitative estimate of drug-likeness (QED) is 0.330. The van der Waals surface area contributed by atoms with E-state index in [9.17, 15) is 18.4 Å². The maximum atomic E-state index is 13.3. The van der Waals surface area contributed by atoms with Crippen molar-refractivity contribution in [2.24, 2.45) is 0 Å². The molecule has 2 aromatic heterocycles. The van der Waals surface area contributed by atoms with Crippen LogP contribution in [-0.2, 0) is 4.79 Å². The number of nitrogens with one attached hydrogen (secondary N) is 1. The molecular weight excluding hydrogens is 452 g/mol. The number of fused-ring (bicyclic) bond motifs is 1. The van der Waals surface area contributed by atoms with Gasteiger partial charge in [-0.1, -0.05) is 29.4 Å². The highest BCUT2D eigenvalue weighted by molar-refractivity contribution is 7.99. The van der Waals surface area contributed by atoms with Gasteiger partial charge in [0.15, 0.2) is 16.8 Å². The zero-order valence-corrected chi connectivity index (χ0v) is 17.5. The lowest BCUT2D eigenvalue weighted by molar-refractivity contribution is -0.113. The number of carbonyl (C=O) groups is 1. The smallest absolute Gasteiger partial charge is 0.276 e. The van der Waals surface area contributed by atoms with Gasteiger partial charge in [0.25, 0.3) is 5.56 Å². The van der Waals surface area contributed by atoms with E-state index < -0.39 is 17.5 Å². The molecule has 2 heterocycles. The van der Waals surface area contributed by atoms with Gasteiger partial charge in [0.1, 0.15) is 4.70 Å². The number of anilines is 1. The molecule has 0 unspecified atom stereocenters. The molecule has 2 aromatic carbocycles. The zero-order valence-electron chi connectivity index (χ0n) is 15.1. The van der Waals surface area contributed by atoms with Crippen LogP contribution in [0, 0.1) is 11.6 Å². The normalized spacial score (nSPS) is 11.0. The summed E-state index contributed by atoms with van der Waals surface area (Å²) in [7, 11) is 0. The number of thiophene rings is 1. The summed E-state index contributed by atoms with van der Waals surface area (Å²) >= 11 is 8.41. The van der Waals surface area contributed by atoms with Crippen LogP contribution in [0.3, 0.4) is 0 Å². The highest BCUT2D eigenvalue weighted by Crippen LogP contribution is 2.25. The van der Waals surface area contributed by atoms with E-state index in [2.05, 4.69) is 10.3 Å². The molecular formula is C20H12ClF2N3O2S2. The van der Waals surface area contributed by atoms with Crippen molar-refractivity contribution in [2.75, 3.05) is 11.1 Å². The summed E-state index contributed by atoms with van der Waals surface area (Å²) in [6.45, 7) is 0. The molecule has 0 radical (unpaired) electrons. The van der Waals surface area contributed by atoms with Crippen LogP contribution in [0.2, 0.25) is 5.02 Å². The first-order valence-electron chi connectivity index (χ1n) is 8.56. The summed E-state index contributed by atoms with van der Waals surface area (Å²) in [5.41, 5.74) is 0.930. The summed E-state index contributed by atoms with van der Waals surface area (Å²) in [6, 6.07) is 11.6. The molecule has 1 amide bonds. The van der Waals surface area contributed by atoms with Gasteiger partial charge in [-0.3, -0.25) is 14.2 Å². The molecule has 10 heteroatoms. The highest BCUT2D eigenvalue weighted by atomic mass is 35.5. The molecule has 0 saturated heterocycles. The zero-order chi connectivity index (χ0) is 21.3. The van der Waals surface area contributed by atoms with E-state index in [1.54, 1.807) is 35.7 Å². The SMILES string of the molecule is O=C(CSc1nc2ccsc2c(=O)n1-c1cccc(Cl)c1)Nc1ccc(F)c(F)c1. The minimum Gasteiger partial charge on any atom is -0.325 e.